The van der Waals surface area contributed by atoms with Gasteiger partial charge in [-0.25, -0.2) is 0 Å². The number of carbonyl (C=O) groups is 3. The summed E-state index contributed by atoms with van der Waals surface area (Å²) in [5, 5.41) is 11.9. The molecular weight excluding hydrogens is 340 g/mol. The predicted molar refractivity (Wildman–Crippen MR) is 80.1 cm³/mol. The lowest BCUT2D eigenvalue weighted by atomic mass is 10.1. The summed E-state index contributed by atoms with van der Waals surface area (Å²) >= 11 is 3.09. The first-order chi connectivity index (χ1) is 10.1. The van der Waals surface area contributed by atoms with E-state index < -0.39 is 11.8 Å². The van der Waals surface area contributed by atoms with E-state index in [1.807, 2.05) is 0 Å². The van der Waals surface area contributed by atoms with Gasteiger partial charge in [0.15, 0.2) is 5.78 Å². The van der Waals surface area contributed by atoms with Gasteiger partial charge in [0.1, 0.15) is 5.70 Å². The van der Waals surface area contributed by atoms with Crippen LogP contribution in [0.2, 0.25) is 0 Å². The highest BCUT2D eigenvalue weighted by molar-refractivity contribution is 9.09. The summed E-state index contributed by atoms with van der Waals surface area (Å²) in [5.41, 5.74) is 1.30. The first-order valence-electron chi connectivity index (χ1n) is 6.21. The Labute approximate surface area is 129 Å². The molecule has 1 aromatic carbocycles. The molecule has 0 saturated heterocycles. The van der Waals surface area contributed by atoms with Gasteiger partial charge in [-0.3, -0.25) is 19.3 Å². The topological polar surface area (TPSA) is 86.7 Å². The number of nitrogens with zero attached hydrogens (tertiary/aromatic N) is 1. The zero-order valence-corrected chi connectivity index (χ0v) is 12.6. The molecule has 0 saturated carbocycles. The van der Waals surface area contributed by atoms with Gasteiger partial charge >= 0.3 is 0 Å². The quantitative estimate of drug-likeness (QED) is 0.451. The number of hydrogen-bond acceptors (Lipinski definition) is 5. The number of Topliss-reactive ketones (excluding diaryl/α,β-unsaturated/α-hetero) is 1. The minimum atomic E-state index is -0.477. The smallest absolute Gasteiger partial charge is 0.277 e. The summed E-state index contributed by atoms with van der Waals surface area (Å²) < 4.78 is 0. The third-order valence-electron chi connectivity index (χ3n) is 2.94. The largest absolute Gasteiger partial charge is 0.395 e. The van der Waals surface area contributed by atoms with E-state index in [0.717, 1.165) is 4.90 Å². The Bertz CT molecular complexity index is 610. The van der Waals surface area contributed by atoms with Crippen LogP contribution in [0.1, 0.15) is 10.4 Å². The predicted octanol–water partition coefficient (Wildman–Crippen LogP) is 0.921. The molecule has 0 aliphatic carbocycles. The van der Waals surface area contributed by atoms with E-state index in [4.69, 9.17) is 5.11 Å². The summed E-state index contributed by atoms with van der Waals surface area (Å²) in [6.45, 7) is -0.306. The van der Waals surface area contributed by atoms with Crippen LogP contribution >= 0.6 is 15.9 Å². The Morgan fingerprint density at radius 1 is 1.24 bits per heavy atom. The van der Waals surface area contributed by atoms with Crippen LogP contribution in [0, 0.1) is 0 Å². The van der Waals surface area contributed by atoms with Crippen molar-refractivity contribution >= 4 is 39.2 Å². The molecule has 1 aliphatic heterocycles. The van der Waals surface area contributed by atoms with Crippen LogP contribution in [0.25, 0.3) is 0 Å². The van der Waals surface area contributed by atoms with Gasteiger partial charge in [-0.2, -0.15) is 0 Å². The summed E-state index contributed by atoms with van der Waals surface area (Å²) in [5.74, 6) is -0.973. The fourth-order valence-corrected chi connectivity index (χ4v) is 2.21. The van der Waals surface area contributed by atoms with Crippen molar-refractivity contribution in [2.45, 2.75) is 0 Å². The van der Waals surface area contributed by atoms with Crippen LogP contribution in [0.5, 0.6) is 0 Å². The number of hydrogen-bond donors (Lipinski definition) is 2. The number of carbonyl (C=O) groups excluding carboxylic acids is 3. The minimum Gasteiger partial charge on any atom is -0.395 e. The molecule has 6 nitrogen and oxygen atoms in total. The first kappa shape index (κ1) is 15.4. The van der Waals surface area contributed by atoms with Crippen LogP contribution in [0.15, 0.2) is 36.0 Å². The number of rotatable bonds is 6. The number of aliphatic hydroxyl groups excluding tert-OH is 1. The Morgan fingerprint density at radius 2 is 1.90 bits per heavy atom. The number of β-amino-alcohol motifs (C(OH)–C–C–N with tert-alkyl or cyclic N) is 1. The maximum absolute atomic E-state index is 11.9. The molecule has 0 atom stereocenters. The SMILES string of the molecule is O=C(CBr)c1ccc(NC2=CC(=O)N(CCO)C2=O)cc1. The van der Waals surface area contributed by atoms with Crippen molar-refractivity contribution in [3.8, 4) is 0 Å². The second-order valence-corrected chi connectivity index (χ2v) is 4.90. The molecular formula is C14H13BrN2O4. The van der Waals surface area contributed by atoms with Crippen molar-refractivity contribution in [3.05, 3.63) is 41.6 Å². The molecule has 7 heteroatoms. The van der Waals surface area contributed by atoms with Crippen LogP contribution < -0.4 is 5.32 Å². The molecule has 0 unspecified atom stereocenters. The van der Waals surface area contributed by atoms with Crippen molar-refractivity contribution in [1.29, 1.82) is 0 Å². The second-order valence-electron chi connectivity index (χ2n) is 4.34. The summed E-state index contributed by atoms with van der Waals surface area (Å²) in [7, 11) is 0. The summed E-state index contributed by atoms with van der Waals surface area (Å²) in [6, 6.07) is 6.59. The van der Waals surface area contributed by atoms with E-state index >= 15 is 0 Å². The molecule has 0 aromatic heterocycles. The average molecular weight is 353 g/mol. The Hall–Kier alpha value is -1.99. The van der Waals surface area contributed by atoms with E-state index in [2.05, 4.69) is 21.2 Å². The molecule has 0 fully saturated rings. The maximum Gasteiger partial charge on any atom is 0.277 e. The van der Waals surface area contributed by atoms with Gasteiger partial charge < -0.3 is 10.4 Å². The Kier molecular flexibility index (Phi) is 4.87. The fourth-order valence-electron chi connectivity index (χ4n) is 1.88. The molecule has 1 aliphatic rings. The maximum atomic E-state index is 11.9. The van der Waals surface area contributed by atoms with Crippen molar-refractivity contribution in [3.63, 3.8) is 0 Å². The first-order valence-corrected chi connectivity index (χ1v) is 7.33. The summed E-state index contributed by atoms with van der Waals surface area (Å²) in [6.07, 6.45) is 1.19. The molecule has 2 N–H and O–H groups in total. The van der Waals surface area contributed by atoms with Crippen LogP contribution in [-0.4, -0.2) is 46.1 Å². The molecule has 110 valence electrons. The molecule has 0 spiro atoms. The van der Waals surface area contributed by atoms with Gasteiger partial charge in [-0.05, 0) is 24.3 Å². The monoisotopic (exact) mass is 352 g/mol. The molecule has 21 heavy (non-hydrogen) atoms. The number of benzene rings is 1. The zero-order chi connectivity index (χ0) is 15.4. The molecule has 0 bridgehead atoms. The average Bonchev–Trinajstić information content (AvgIpc) is 2.75. The van der Waals surface area contributed by atoms with Gasteiger partial charge in [0.25, 0.3) is 11.8 Å². The molecule has 2 rings (SSSR count). The van der Waals surface area contributed by atoms with Crippen molar-refractivity contribution < 1.29 is 19.5 Å². The normalized spacial score (nSPS) is 14.4. The number of ketones is 1. The van der Waals surface area contributed by atoms with E-state index in [9.17, 15) is 14.4 Å². The number of alkyl halides is 1. The minimum absolute atomic E-state index is 0.0297. The third-order valence-corrected chi connectivity index (χ3v) is 3.45. The highest BCUT2D eigenvalue weighted by Gasteiger charge is 2.30. The molecule has 1 aromatic rings. The van der Waals surface area contributed by atoms with Crippen molar-refractivity contribution in [1.82, 2.24) is 4.90 Å². The van der Waals surface area contributed by atoms with Gasteiger partial charge in [0.05, 0.1) is 18.5 Å². The fraction of sp³-hybridized carbons (Fsp3) is 0.214. The standard InChI is InChI=1S/C14H13BrN2O4/c15-8-12(19)9-1-3-10(4-2-9)16-11-7-13(20)17(5-6-18)14(11)21/h1-4,7,16,18H,5-6,8H2. The van der Waals surface area contributed by atoms with Gasteiger partial charge in [0, 0.05) is 17.3 Å². The highest BCUT2D eigenvalue weighted by atomic mass is 79.9. The van der Waals surface area contributed by atoms with Crippen molar-refractivity contribution in [2.24, 2.45) is 0 Å². The number of imide groups is 1. The molecule has 1 heterocycles. The lowest BCUT2D eigenvalue weighted by Crippen LogP contribution is -2.34. The van der Waals surface area contributed by atoms with Crippen LogP contribution in [-0.2, 0) is 9.59 Å². The van der Waals surface area contributed by atoms with Crippen LogP contribution in [0.3, 0.4) is 0 Å². The Balaban J connectivity index is 2.09. The third kappa shape index (κ3) is 3.37. The van der Waals surface area contributed by atoms with Gasteiger partial charge in [0.2, 0.25) is 0 Å². The molecule has 0 radical (unpaired) electrons. The Morgan fingerprint density at radius 3 is 2.48 bits per heavy atom. The number of aliphatic hydroxyl groups is 1. The molecule has 2 amide bonds. The summed E-state index contributed by atoms with van der Waals surface area (Å²) in [4.78, 5) is 36.0. The number of anilines is 1. The van der Waals surface area contributed by atoms with E-state index in [-0.39, 0.29) is 30.0 Å². The highest BCUT2D eigenvalue weighted by Crippen LogP contribution is 2.17. The lowest BCUT2D eigenvalue weighted by molar-refractivity contribution is -0.137. The zero-order valence-electron chi connectivity index (χ0n) is 11.0. The van der Waals surface area contributed by atoms with E-state index in [1.165, 1.54) is 6.08 Å². The lowest BCUT2D eigenvalue weighted by Gasteiger charge is -2.13. The number of halogens is 1. The van der Waals surface area contributed by atoms with Crippen LogP contribution in [0.4, 0.5) is 5.69 Å². The number of amides is 2. The van der Waals surface area contributed by atoms with E-state index in [0.29, 0.717) is 11.3 Å². The van der Waals surface area contributed by atoms with E-state index in [1.54, 1.807) is 24.3 Å². The number of nitrogens with one attached hydrogen (secondary N) is 1. The second kappa shape index (κ2) is 6.64. The van der Waals surface area contributed by atoms with Crippen molar-refractivity contribution in [2.75, 3.05) is 23.8 Å². The van der Waals surface area contributed by atoms with Gasteiger partial charge in [-0.1, -0.05) is 15.9 Å². The van der Waals surface area contributed by atoms with Gasteiger partial charge in [-0.15, -0.1) is 0 Å².